The lowest BCUT2D eigenvalue weighted by Crippen LogP contribution is -2.53. The Kier molecular flexibility index (Phi) is 7.08. The van der Waals surface area contributed by atoms with Gasteiger partial charge in [0.15, 0.2) is 5.67 Å². The van der Waals surface area contributed by atoms with Crippen LogP contribution in [0.3, 0.4) is 0 Å². The quantitative estimate of drug-likeness (QED) is 0.453. The predicted molar refractivity (Wildman–Crippen MR) is 138 cm³/mol. The Hall–Kier alpha value is -3.54. The van der Waals surface area contributed by atoms with E-state index in [9.17, 15) is 18.4 Å². The van der Waals surface area contributed by atoms with Crippen LogP contribution >= 0.6 is 0 Å². The number of nitrogens with one attached hydrogen (secondary N) is 2. The number of aromatic nitrogens is 3. The molecule has 0 unspecified atom stereocenters. The van der Waals surface area contributed by atoms with Crippen molar-refractivity contribution in [3.8, 4) is 0 Å². The highest BCUT2D eigenvalue weighted by Crippen LogP contribution is 2.38. The van der Waals surface area contributed by atoms with Crippen LogP contribution in [0.15, 0.2) is 29.3 Å². The van der Waals surface area contributed by atoms with Gasteiger partial charge in [-0.15, -0.1) is 0 Å². The van der Waals surface area contributed by atoms with Crippen molar-refractivity contribution in [2.45, 2.75) is 50.7 Å². The highest BCUT2D eigenvalue weighted by atomic mass is 19.3. The molecular formula is C27H30F4N6O2. The third kappa shape index (κ3) is 4.86. The standard InChI is InChI=1S/C27H30F4N6O2/c1-14(18-8-17(27(31)11-32-12-27)9-20(22(18)28)23(29)30)35-24-21-10-19(16-4-6-37(7-5-16)15(2)38)26(39)36(3)25(21)34-13-33-24/h8-10,13-14,16,23,32H,4-7,11-12H2,1-3H3,(H,33,34,35)/t14-/m1/s1. The molecule has 8 nitrogen and oxygen atoms in total. The summed E-state index contributed by atoms with van der Waals surface area (Å²) in [5, 5.41) is 6.37. The van der Waals surface area contributed by atoms with Gasteiger partial charge in [-0.1, -0.05) is 0 Å². The summed E-state index contributed by atoms with van der Waals surface area (Å²) in [6.07, 6.45) is -0.600. The van der Waals surface area contributed by atoms with Crippen molar-refractivity contribution >= 4 is 22.8 Å². The summed E-state index contributed by atoms with van der Waals surface area (Å²) >= 11 is 0. The number of nitrogens with zero attached hydrogens (tertiary/aromatic N) is 4. The monoisotopic (exact) mass is 546 g/mol. The SMILES string of the molecule is CC(=O)N1CCC(c2cc3c(N[C@H](C)c4cc(C5(F)CNC5)cc(C(F)F)c4F)ncnc3n(C)c2=O)CC1. The molecule has 2 saturated heterocycles. The number of pyridine rings is 1. The Morgan fingerprint density at radius 1 is 1.15 bits per heavy atom. The van der Waals surface area contributed by atoms with Gasteiger partial charge in [-0.2, -0.15) is 0 Å². The van der Waals surface area contributed by atoms with Gasteiger partial charge in [0.05, 0.1) is 17.0 Å². The third-order valence-corrected chi connectivity index (χ3v) is 7.92. The van der Waals surface area contributed by atoms with Crippen LogP contribution in [-0.2, 0) is 17.5 Å². The molecule has 2 aliphatic heterocycles. The number of carbonyl (C=O) groups is 1. The molecule has 0 radical (unpaired) electrons. The number of carbonyl (C=O) groups excluding carboxylic acids is 1. The summed E-state index contributed by atoms with van der Waals surface area (Å²) in [6, 6.07) is 3.04. The molecule has 1 amide bonds. The lowest BCUT2D eigenvalue weighted by molar-refractivity contribution is -0.129. The van der Waals surface area contributed by atoms with Gasteiger partial charge < -0.3 is 15.5 Å². The molecule has 2 aromatic heterocycles. The first kappa shape index (κ1) is 27.0. The zero-order valence-corrected chi connectivity index (χ0v) is 21.9. The molecular weight excluding hydrogens is 516 g/mol. The van der Waals surface area contributed by atoms with Crippen molar-refractivity contribution in [2.24, 2.45) is 7.05 Å². The molecule has 2 aliphatic rings. The first-order valence-electron chi connectivity index (χ1n) is 12.9. The largest absolute Gasteiger partial charge is 0.363 e. The average molecular weight is 547 g/mol. The molecule has 2 N–H and O–H groups in total. The number of piperidine rings is 1. The minimum atomic E-state index is -3.11. The van der Waals surface area contributed by atoms with Crippen molar-refractivity contribution in [1.29, 1.82) is 0 Å². The molecule has 0 bridgehead atoms. The number of hydrogen-bond donors (Lipinski definition) is 2. The van der Waals surface area contributed by atoms with Crippen LogP contribution in [0.2, 0.25) is 0 Å². The number of anilines is 1. The maximum Gasteiger partial charge on any atom is 0.266 e. The molecule has 4 heterocycles. The molecule has 5 rings (SSSR count). The number of benzene rings is 1. The van der Waals surface area contributed by atoms with Crippen LogP contribution in [0.5, 0.6) is 0 Å². The number of halogens is 4. The highest BCUT2D eigenvalue weighted by Gasteiger charge is 2.40. The summed E-state index contributed by atoms with van der Waals surface area (Å²) in [7, 11) is 1.60. The smallest absolute Gasteiger partial charge is 0.266 e. The summed E-state index contributed by atoms with van der Waals surface area (Å²) < 4.78 is 59.2. The van der Waals surface area contributed by atoms with Gasteiger partial charge in [-0.05, 0) is 49.4 Å². The van der Waals surface area contributed by atoms with E-state index in [0.717, 1.165) is 6.07 Å². The van der Waals surface area contributed by atoms with E-state index in [-0.39, 0.29) is 47.4 Å². The Morgan fingerprint density at radius 3 is 2.41 bits per heavy atom. The van der Waals surface area contributed by atoms with E-state index < -0.39 is 29.5 Å². The summed E-state index contributed by atoms with van der Waals surface area (Å²) in [5.74, 6) is -0.900. The number of amides is 1. The van der Waals surface area contributed by atoms with Crippen LogP contribution in [0.4, 0.5) is 23.4 Å². The summed E-state index contributed by atoms with van der Waals surface area (Å²) in [4.78, 5) is 35.2. The molecule has 39 heavy (non-hydrogen) atoms. The van der Waals surface area contributed by atoms with Gasteiger partial charge >= 0.3 is 0 Å². The molecule has 0 saturated carbocycles. The van der Waals surface area contributed by atoms with Gasteiger partial charge in [-0.3, -0.25) is 14.2 Å². The van der Waals surface area contributed by atoms with Crippen LogP contribution < -0.4 is 16.2 Å². The second-order valence-electron chi connectivity index (χ2n) is 10.4. The minimum Gasteiger partial charge on any atom is -0.363 e. The highest BCUT2D eigenvalue weighted by molar-refractivity contribution is 5.87. The molecule has 12 heteroatoms. The van der Waals surface area contributed by atoms with Gasteiger partial charge in [0.25, 0.3) is 12.0 Å². The summed E-state index contributed by atoms with van der Waals surface area (Å²) in [5.41, 5.74) is -2.11. The number of aryl methyl sites for hydroxylation is 1. The lowest BCUT2D eigenvalue weighted by atomic mass is 9.86. The Balaban J connectivity index is 1.52. The zero-order valence-electron chi connectivity index (χ0n) is 21.9. The topological polar surface area (TPSA) is 92.2 Å². The Bertz CT molecular complexity index is 1480. The van der Waals surface area contributed by atoms with E-state index in [1.165, 1.54) is 23.9 Å². The molecule has 3 aromatic rings. The van der Waals surface area contributed by atoms with E-state index in [0.29, 0.717) is 42.5 Å². The number of rotatable bonds is 6. The van der Waals surface area contributed by atoms with Gasteiger partial charge in [0.1, 0.15) is 23.6 Å². The second kappa shape index (κ2) is 10.2. The maximum atomic E-state index is 15.2. The minimum absolute atomic E-state index is 0.00395. The van der Waals surface area contributed by atoms with E-state index in [4.69, 9.17) is 0 Å². The normalized spacial score (nSPS) is 18.3. The second-order valence-corrected chi connectivity index (χ2v) is 10.4. The van der Waals surface area contributed by atoms with E-state index in [2.05, 4.69) is 20.6 Å². The number of likely N-dealkylation sites (tertiary alicyclic amines) is 1. The Labute approximate surface area is 222 Å². The molecule has 1 atom stereocenters. The maximum absolute atomic E-state index is 15.2. The van der Waals surface area contributed by atoms with Crippen LogP contribution in [0, 0.1) is 5.82 Å². The van der Waals surface area contributed by atoms with Crippen molar-refractivity contribution in [3.05, 3.63) is 63.0 Å². The zero-order chi connectivity index (χ0) is 28.1. The fourth-order valence-electron chi connectivity index (χ4n) is 5.44. The summed E-state index contributed by atoms with van der Waals surface area (Å²) in [6.45, 7) is 4.11. The lowest BCUT2D eigenvalue weighted by Gasteiger charge is -2.36. The van der Waals surface area contributed by atoms with Crippen LogP contribution in [0.25, 0.3) is 11.0 Å². The van der Waals surface area contributed by atoms with Crippen LogP contribution in [-0.4, -0.2) is 51.5 Å². The van der Waals surface area contributed by atoms with Crippen molar-refractivity contribution in [2.75, 3.05) is 31.5 Å². The molecule has 0 spiro atoms. The van der Waals surface area contributed by atoms with Gasteiger partial charge in [0.2, 0.25) is 5.91 Å². The van der Waals surface area contributed by atoms with E-state index in [1.807, 2.05) is 0 Å². The Morgan fingerprint density at radius 2 is 1.82 bits per heavy atom. The fourth-order valence-corrected chi connectivity index (χ4v) is 5.44. The predicted octanol–water partition coefficient (Wildman–Crippen LogP) is 4.07. The number of alkyl halides is 3. The number of fused-ring (bicyclic) bond motifs is 1. The first-order chi connectivity index (χ1) is 18.5. The van der Waals surface area contributed by atoms with E-state index >= 15 is 8.78 Å². The van der Waals surface area contributed by atoms with Gasteiger partial charge in [-0.25, -0.2) is 27.5 Å². The first-order valence-corrected chi connectivity index (χ1v) is 12.9. The molecule has 208 valence electrons. The molecule has 1 aromatic carbocycles. The van der Waals surface area contributed by atoms with E-state index in [1.54, 1.807) is 24.9 Å². The van der Waals surface area contributed by atoms with Gasteiger partial charge in [0, 0.05) is 51.3 Å². The third-order valence-electron chi connectivity index (χ3n) is 7.92. The molecule has 2 fully saturated rings. The van der Waals surface area contributed by atoms with Crippen molar-refractivity contribution in [3.63, 3.8) is 0 Å². The van der Waals surface area contributed by atoms with Crippen LogP contribution in [0.1, 0.15) is 67.3 Å². The van der Waals surface area contributed by atoms with Crippen molar-refractivity contribution < 1.29 is 22.4 Å². The fraction of sp³-hybridized carbons (Fsp3) is 0.481. The molecule has 0 aliphatic carbocycles. The average Bonchev–Trinajstić information content (AvgIpc) is 2.89. The number of hydrogen-bond acceptors (Lipinski definition) is 6. The van der Waals surface area contributed by atoms with Crippen molar-refractivity contribution in [1.82, 2.24) is 24.8 Å².